The van der Waals surface area contributed by atoms with Gasteiger partial charge >= 0.3 is 5.97 Å². The number of rotatable bonds is 7. The number of carboxylic acid groups (broad SMARTS) is 1. The predicted molar refractivity (Wildman–Crippen MR) is 134 cm³/mol. The van der Waals surface area contributed by atoms with Crippen LogP contribution in [0.15, 0.2) is 42.0 Å². The Hall–Kier alpha value is -3.33. The van der Waals surface area contributed by atoms with E-state index >= 15 is 0 Å². The van der Waals surface area contributed by atoms with Crippen LogP contribution in [0.4, 0.5) is 0 Å². The number of benzene rings is 1. The summed E-state index contributed by atoms with van der Waals surface area (Å²) in [6.07, 6.45) is 5.52. The number of amides is 1. The van der Waals surface area contributed by atoms with Crippen LogP contribution in [-0.2, 0) is 15.0 Å². The summed E-state index contributed by atoms with van der Waals surface area (Å²) in [7, 11) is 1.54. The Bertz CT molecular complexity index is 1190. The zero-order valence-corrected chi connectivity index (χ0v) is 21.0. The summed E-state index contributed by atoms with van der Waals surface area (Å²) >= 11 is 1.35. The Balaban J connectivity index is 1.83. The number of carbonyl (C=O) groups is 2. The normalized spacial score (nSPS) is 20.7. The molecule has 0 radical (unpaired) electrons. The number of hydrogen-bond donors (Lipinski definition) is 2. The van der Waals surface area contributed by atoms with Gasteiger partial charge in [0.25, 0.3) is 0 Å². The van der Waals surface area contributed by atoms with Crippen molar-refractivity contribution in [1.82, 2.24) is 20.3 Å². The lowest BCUT2D eigenvalue weighted by atomic mass is 9.65. The lowest BCUT2D eigenvalue weighted by Crippen LogP contribution is -2.53. The van der Waals surface area contributed by atoms with Gasteiger partial charge in [0, 0.05) is 23.1 Å². The summed E-state index contributed by atoms with van der Waals surface area (Å²) in [6, 6.07) is 7.72. The molecule has 35 heavy (non-hydrogen) atoms. The number of carbonyl (C=O) groups excluding carboxylic acids is 1. The van der Waals surface area contributed by atoms with Gasteiger partial charge in [-0.2, -0.15) is 0 Å². The van der Waals surface area contributed by atoms with E-state index in [4.69, 9.17) is 9.72 Å². The summed E-state index contributed by atoms with van der Waals surface area (Å²) in [5.41, 5.74) is 1.81. The van der Waals surface area contributed by atoms with E-state index in [9.17, 15) is 14.7 Å². The molecule has 0 aliphatic carbocycles. The van der Waals surface area contributed by atoms with Gasteiger partial charge in [-0.25, -0.2) is 15.0 Å². The molecule has 0 bridgehead atoms. The zero-order valence-electron chi connectivity index (χ0n) is 20.2. The summed E-state index contributed by atoms with van der Waals surface area (Å²) in [6.45, 7) is 4.66. The molecule has 1 fully saturated rings. The van der Waals surface area contributed by atoms with Crippen molar-refractivity contribution in [1.29, 1.82) is 0 Å². The highest BCUT2D eigenvalue weighted by Crippen LogP contribution is 2.46. The summed E-state index contributed by atoms with van der Waals surface area (Å²) in [5, 5.41) is 15.3. The molecular formula is C26H30N4O4S. The highest BCUT2D eigenvalue weighted by molar-refractivity contribution is 7.10. The average molecular weight is 495 g/mol. The molecule has 2 aromatic heterocycles. The number of ether oxygens (including phenoxy) is 1. The van der Waals surface area contributed by atoms with Crippen LogP contribution in [0.2, 0.25) is 0 Å². The maximum Gasteiger partial charge on any atom is 0.304 e. The van der Waals surface area contributed by atoms with Crippen LogP contribution in [0.3, 0.4) is 0 Å². The molecular weight excluding hydrogens is 464 g/mol. The molecule has 1 saturated heterocycles. The second-order valence-corrected chi connectivity index (χ2v) is 10.0. The van der Waals surface area contributed by atoms with E-state index in [0.717, 1.165) is 30.4 Å². The van der Waals surface area contributed by atoms with E-state index < -0.39 is 11.4 Å². The smallest absolute Gasteiger partial charge is 0.304 e. The van der Waals surface area contributed by atoms with Crippen molar-refractivity contribution >= 4 is 23.2 Å². The van der Waals surface area contributed by atoms with E-state index in [0.29, 0.717) is 28.8 Å². The first-order valence-electron chi connectivity index (χ1n) is 11.8. The van der Waals surface area contributed by atoms with E-state index in [2.05, 4.69) is 29.1 Å². The third-order valence-electron chi connectivity index (χ3n) is 6.70. The number of nitrogens with one attached hydrogen (secondary N) is 1. The third kappa shape index (κ3) is 4.91. The van der Waals surface area contributed by atoms with Gasteiger partial charge in [-0.1, -0.05) is 44.5 Å². The molecule has 9 heteroatoms. The second-order valence-electron chi connectivity index (χ2n) is 9.17. The minimum atomic E-state index is -1.22. The van der Waals surface area contributed by atoms with Gasteiger partial charge in [-0.05, 0) is 24.7 Å². The Morgan fingerprint density at radius 2 is 1.94 bits per heavy atom. The fourth-order valence-electron chi connectivity index (χ4n) is 5.04. The molecule has 4 rings (SSSR count). The molecule has 2 N–H and O–H groups in total. The molecule has 184 valence electrons. The second kappa shape index (κ2) is 10.5. The standard InChI is InChI=1S/C26H30N4O4S/c1-16(2)19-10-6-7-11-27-24(33)26(19,12-23(31)32)25-30-21(15-35-25)18-9-5-4-8-17(18)20-13-29-22(34-3)14-28-20/h4-5,8-9,13-16,19H,6-7,10-12H2,1-3H3,(H,27,33)(H,31,32)/t19-,26+/m1/s1. The van der Waals surface area contributed by atoms with Gasteiger partial charge in [-0.3, -0.25) is 9.59 Å². The summed E-state index contributed by atoms with van der Waals surface area (Å²) in [4.78, 5) is 39.4. The van der Waals surface area contributed by atoms with Gasteiger partial charge in [0.05, 0.1) is 37.3 Å². The third-order valence-corrected chi connectivity index (χ3v) is 7.72. The maximum atomic E-state index is 13.6. The molecule has 0 saturated carbocycles. The predicted octanol–water partition coefficient (Wildman–Crippen LogP) is 4.56. The van der Waals surface area contributed by atoms with Crippen molar-refractivity contribution in [2.24, 2.45) is 11.8 Å². The van der Waals surface area contributed by atoms with Crippen LogP contribution >= 0.6 is 11.3 Å². The minimum Gasteiger partial charge on any atom is -0.481 e. The van der Waals surface area contributed by atoms with Crippen molar-refractivity contribution in [3.05, 3.63) is 47.0 Å². The Morgan fingerprint density at radius 1 is 1.20 bits per heavy atom. The lowest BCUT2D eigenvalue weighted by molar-refractivity contribution is -0.145. The fourth-order valence-corrected chi connectivity index (χ4v) is 6.12. The van der Waals surface area contributed by atoms with Gasteiger partial charge < -0.3 is 15.2 Å². The van der Waals surface area contributed by atoms with Crippen LogP contribution in [0, 0.1) is 11.8 Å². The zero-order chi connectivity index (χ0) is 25.0. The van der Waals surface area contributed by atoms with E-state index in [1.54, 1.807) is 12.4 Å². The van der Waals surface area contributed by atoms with Gasteiger partial charge in [0.2, 0.25) is 11.8 Å². The quantitative estimate of drug-likeness (QED) is 0.495. The Morgan fingerprint density at radius 3 is 2.57 bits per heavy atom. The highest BCUT2D eigenvalue weighted by atomic mass is 32.1. The first-order valence-corrected chi connectivity index (χ1v) is 12.7. The number of methoxy groups -OCH3 is 1. The number of carboxylic acids is 1. The molecule has 0 unspecified atom stereocenters. The fraction of sp³-hybridized carbons (Fsp3) is 0.423. The van der Waals surface area contributed by atoms with Crippen molar-refractivity contribution in [2.75, 3.05) is 13.7 Å². The Labute approximate surface area is 208 Å². The number of hydrogen-bond acceptors (Lipinski definition) is 7. The van der Waals surface area contributed by atoms with Crippen molar-refractivity contribution in [3.63, 3.8) is 0 Å². The van der Waals surface area contributed by atoms with Crippen molar-refractivity contribution in [3.8, 4) is 28.4 Å². The van der Waals surface area contributed by atoms with Gasteiger partial charge in [0.15, 0.2) is 0 Å². The van der Waals surface area contributed by atoms with E-state index in [1.807, 2.05) is 29.6 Å². The SMILES string of the molecule is COc1cnc(-c2ccccc2-c2csc([C@]3(CC(=O)O)C(=O)NCCCC[C@@H]3C(C)C)n2)cn1. The maximum absolute atomic E-state index is 13.6. The minimum absolute atomic E-state index is 0.118. The summed E-state index contributed by atoms with van der Waals surface area (Å²) in [5.74, 6) is -0.841. The van der Waals surface area contributed by atoms with E-state index in [1.165, 1.54) is 18.4 Å². The van der Waals surface area contributed by atoms with Crippen LogP contribution in [0.1, 0.15) is 44.5 Å². The van der Waals surface area contributed by atoms with Crippen LogP contribution < -0.4 is 10.1 Å². The van der Waals surface area contributed by atoms with Crippen LogP contribution in [0.25, 0.3) is 22.5 Å². The van der Waals surface area contributed by atoms with Gasteiger partial charge in [-0.15, -0.1) is 11.3 Å². The van der Waals surface area contributed by atoms with Crippen LogP contribution in [0.5, 0.6) is 5.88 Å². The lowest BCUT2D eigenvalue weighted by Gasteiger charge is -2.40. The molecule has 1 aromatic carbocycles. The van der Waals surface area contributed by atoms with E-state index in [-0.39, 0.29) is 24.2 Å². The molecule has 2 atom stereocenters. The monoisotopic (exact) mass is 494 g/mol. The number of aliphatic carboxylic acids is 1. The number of nitrogens with zero attached hydrogens (tertiary/aromatic N) is 3. The first-order chi connectivity index (χ1) is 16.9. The first kappa shape index (κ1) is 24.8. The molecule has 1 amide bonds. The highest BCUT2D eigenvalue weighted by Gasteiger charge is 2.52. The summed E-state index contributed by atoms with van der Waals surface area (Å²) < 4.78 is 5.12. The molecule has 8 nitrogen and oxygen atoms in total. The molecule has 3 heterocycles. The van der Waals surface area contributed by atoms with Crippen LogP contribution in [-0.4, -0.2) is 45.6 Å². The van der Waals surface area contributed by atoms with Crippen molar-refractivity contribution < 1.29 is 19.4 Å². The number of aromatic nitrogens is 3. The van der Waals surface area contributed by atoms with Gasteiger partial charge in [0.1, 0.15) is 10.4 Å². The largest absolute Gasteiger partial charge is 0.481 e. The Kier molecular flexibility index (Phi) is 7.45. The topological polar surface area (TPSA) is 114 Å². The molecule has 0 spiro atoms. The number of thiazole rings is 1. The molecule has 1 aliphatic heterocycles. The molecule has 3 aromatic rings. The molecule has 1 aliphatic rings. The van der Waals surface area contributed by atoms with Crippen molar-refractivity contribution in [2.45, 2.75) is 44.9 Å². The average Bonchev–Trinajstić information content (AvgIpc) is 3.34.